The molecular weight excluding hydrogens is 416 g/mol. The van der Waals surface area contributed by atoms with Crippen molar-refractivity contribution in [2.75, 3.05) is 30.3 Å². The molecule has 0 fully saturated rings. The minimum Gasteiger partial charge on any atom is -0.491 e. The first-order chi connectivity index (χ1) is 14.5. The second kappa shape index (κ2) is 8.78. The number of amides is 1. The molecule has 1 amide bonds. The first-order valence-electron chi connectivity index (χ1n) is 10.2. The molecule has 2 aromatic rings. The van der Waals surface area contributed by atoms with Crippen LogP contribution in [0.3, 0.4) is 0 Å². The van der Waals surface area contributed by atoms with Crippen LogP contribution in [0.5, 0.6) is 11.5 Å². The Bertz CT molecular complexity index is 1060. The lowest BCUT2D eigenvalue weighted by Crippen LogP contribution is -2.51. The van der Waals surface area contributed by atoms with E-state index in [-0.39, 0.29) is 31.0 Å². The van der Waals surface area contributed by atoms with E-state index >= 15 is 0 Å². The van der Waals surface area contributed by atoms with Gasteiger partial charge in [0.05, 0.1) is 25.0 Å². The molecule has 31 heavy (non-hydrogen) atoms. The van der Waals surface area contributed by atoms with Crippen LogP contribution in [0, 0.1) is 6.92 Å². The number of sulfonamides is 1. The third-order valence-corrected chi connectivity index (χ3v) is 6.18. The Morgan fingerprint density at radius 3 is 2.61 bits per heavy atom. The number of ether oxygens (including phenoxy) is 2. The molecule has 0 saturated heterocycles. The molecule has 2 aromatic carbocycles. The smallest absolute Gasteiger partial charge is 0.263 e. The SMILES string of the molecule is Cc1ccc2c(c1)O[C@@H](C(=O)NCCOc1ccccc1C(C)(C)C)CN2S(C)(=O)=O. The van der Waals surface area contributed by atoms with Crippen molar-refractivity contribution < 1.29 is 22.7 Å². The number of nitrogens with zero attached hydrogens (tertiary/aromatic N) is 1. The largest absolute Gasteiger partial charge is 0.491 e. The van der Waals surface area contributed by atoms with Crippen LogP contribution in [0.4, 0.5) is 5.69 Å². The predicted molar refractivity (Wildman–Crippen MR) is 121 cm³/mol. The van der Waals surface area contributed by atoms with Crippen LogP contribution in [0.15, 0.2) is 42.5 Å². The van der Waals surface area contributed by atoms with Crippen LogP contribution in [0.1, 0.15) is 31.9 Å². The van der Waals surface area contributed by atoms with E-state index in [4.69, 9.17) is 9.47 Å². The van der Waals surface area contributed by atoms with Gasteiger partial charge in [0.2, 0.25) is 10.0 Å². The van der Waals surface area contributed by atoms with Crippen molar-refractivity contribution in [2.45, 2.75) is 39.2 Å². The summed E-state index contributed by atoms with van der Waals surface area (Å²) in [5, 5.41) is 2.79. The summed E-state index contributed by atoms with van der Waals surface area (Å²) in [6, 6.07) is 13.1. The fraction of sp³-hybridized carbons (Fsp3) is 0.435. The van der Waals surface area contributed by atoms with Crippen LogP contribution in [0.25, 0.3) is 0 Å². The standard InChI is InChI=1S/C23H30N2O5S/c1-16-10-11-18-20(14-16)30-21(15-25(18)31(5,27)28)22(26)24-12-13-29-19-9-7-6-8-17(19)23(2,3)4/h6-11,14,21H,12-13,15H2,1-5H3,(H,24,26)/t21-/m1/s1. The summed E-state index contributed by atoms with van der Waals surface area (Å²) >= 11 is 0. The minimum absolute atomic E-state index is 0.0591. The van der Waals surface area contributed by atoms with E-state index in [9.17, 15) is 13.2 Å². The van der Waals surface area contributed by atoms with E-state index in [0.717, 1.165) is 23.1 Å². The molecule has 0 unspecified atom stereocenters. The number of fused-ring (bicyclic) bond motifs is 1. The Morgan fingerprint density at radius 1 is 1.23 bits per heavy atom. The van der Waals surface area contributed by atoms with Crippen molar-refractivity contribution in [1.82, 2.24) is 5.32 Å². The number of carbonyl (C=O) groups is 1. The van der Waals surface area contributed by atoms with Gasteiger partial charge in [-0.15, -0.1) is 0 Å². The monoisotopic (exact) mass is 446 g/mol. The normalized spacial score (nSPS) is 16.3. The average molecular weight is 447 g/mol. The molecule has 1 heterocycles. The van der Waals surface area contributed by atoms with E-state index in [1.54, 1.807) is 12.1 Å². The molecule has 0 radical (unpaired) electrons. The zero-order valence-electron chi connectivity index (χ0n) is 18.6. The number of anilines is 1. The van der Waals surface area contributed by atoms with Gasteiger partial charge in [-0.3, -0.25) is 9.10 Å². The fourth-order valence-electron chi connectivity index (χ4n) is 3.47. The molecule has 1 N–H and O–H groups in total. The Hall–Kier alpha value is -2.74. The summed E-state index contributed by atoms with van der Waals surface area (Å²) in [5.41, 5.74) is 2.39. The van der Waals surface area contributed by atoms with Crippen LogP contribution in [0.2, 0.25) is 0 Å². The zero-order chi connectivity index (χ0) is 22.8. The first kappa shape index (κ1) is 22.9. The molecule has 8 heteroatoms. The molecule has 0 spiro atoms. The van der Waals surface area contributed by atoms with Crippen molar-refractivity contribution in [3.8, 4) is 11.5 Å². The average Bonchev–Trinajstić information content (AvgIpc) is 2.68. The van der Waals surface area contributed by atoms with E-state index in [1.165, 1.54) is 4.31 Å². The zero-order valence-corrected chi connectivity index (χ0v) is 19.5. The molecule has 168 valence electrons. The Balaban J connectivity index is 1.63. The van der Waals surface area contributed by atoms with Gasteiger partial charge in [0.1, 0.15) is 18.1 Å². The van der Waals surface area contributed by atoms with Gasteiger partial charge in [-0.05, 0) is 41.7 Å². The van der Waals surface area contributed by atoms with Crippen molar-refractivity contribution in [2.24, 2.45) is 0 Å². The van der Waals surface area contributed by atoms with Gasteiger partial charge in [0.15, 0.2) is 6.10 Å². The quantitative estimate of drug-likeness (QED) is 0.690. The van der Waals surface area contributed by atoms with Crippen molar-refractivity contribution in [1.29, 1.82) is 0 Å². The maximum Gasteiger partial charge on any atom is 0.263 e. The van der Waals surface area contributed by atoms with Crippen LogP contribution >= 0.6 is 0 Å². The Morgan fingerprint density at radius 2 is 1.94 bits per heavy atom. The number of aryl methyl sites for hydroxylation is 1. The van der Waals surface area contributed by atoms with Gasteiger partial charge in [-0.2, -0.15) is 0 Å². The molecule has 0 aromatic heterocycles. The van der Waals surface area contributed by atoms with E-state index in [2.05, 4.69) is 26.1 Å². The number of carbonyl (C=O) groups excluding carboxylic acids is 1. The number of hydrogen-bond donors (Lipinski definition) is 1. The summed E-state index contributed by atoms with van der Waals surface area (Å²) in [7, 11) is -3.55. The third kappa shape index (κ3) is 5.50. The second-order valence-corrected chi connectivity index (χ2v) is 10.7. The number of hydrogen-bond acceptors (Lipinski definition) is 5. The molecular formula is C23H30N2O5S. The van der Waals surface area contributed by atoms with Gasteiger partial charge in [0.25, 0.3) is 5.91 Å². The summed E-state index contributed by atoms with van der Waals surface area (Å²) in [6.07, 6.45) is 0.183. The Labute approximate surface area is 184 Å². The molecule has 0 saturated carbocycles. The molecule has 0 aliphatic carbocycles. The maximum atomic E-state index is 12.7. The summed E-state index contributed by atoms with van der Waals surface area (Å²) in [6.45, 7) is 8.71. The highest BCUT2D eigenvalue weighted by molar-refractivity contribution is 7.92. The lowest BCUT2D eigenvalue weighted by Gasteiger charge is -2.34. The fourth-order valence-corrected chi connectivity index (χ4v) is 4.39. The number of benzene rings is 2. The minimum atomic E-state index is -3.55. The van der Waals surface area contributed by atoms with Crippen LogP contribution in [-0.2, 0) is 20.2 Å². The maximum absolute atomic E-state index is 12.7. The summed E-state index contributed by atoms with van der Waals surface area (Å²) in [5.74, 6) is 0.784. The van der Waals surface area contributed by atoms with Gasteiger partial charge in [-0.1, -0.05) is 45.0 Å². The highest BCUT2D eigenvalue weighted by Gasteiger charge is 2.35. The summed E-state index contributed by atoms with van der Waals surface area (Å²) in [4.78, 5) is 12.7. The highest BCUT2D eigenvalue weighted by Crippen LogP contribution is 2.35. The highest BCUT2D eigenvalue weighted by atomic mass is 32.2. The van der Waals surface area contributed by atoms with Crippen molar-refractivity contribution in [3.05, 3.63) is 53.6 Å². The molecule has 0 bridgehead atoms. The first-order valence-corrected chi connectivity index (χ1v) is 12.1. The Kier molecular flexibility index (Phi) is 6.50. The van der Waals surface area contributed by atoms with Gasteiger partial charge < -0.3 is 14.8 Å². The van der Waals surface area contributed by atoms with Crippen LogP contribution in [-0.4, -0.2) is 46.4 Å². The van der Waals surface area contributed by atoms with Crippen molar-refractivity contribution >= 4 is 21.6 Å². The van der Waals surface area contributed by atoms with Gasteiger partial charge in [0, 0.05) is 0 Å². The van der Waals surface area contributed by atoms with Gasteiger partial charge >= 0.3 is 0 Å². The number of rotatable bonds is 6. The molecule has 7 nitrogen and oxygen atoms in total. The lowest BCUT2D eigenvalue weighted by molar-refractivity contribution is -0.127. The number of nitrogens with one attached hydrogen (secondary N) is 1. The van der Waals surface area contributed by atoms with E-state index in [0.29, 0.717) is 11.4 Å². The summed E-state index contributed by atoms with van der Waals surface area (Å²) < 4.78 is 37.4. The lowest BCUT2D eigenvalue weighted by atomic mass is 9.86. The predicted octanol–water partition coefficient (Wildman–Crippen LogP) is 3.01. The van der Waals surface area contributed by atoms with Gasteiger partial charge in [-0.25, -0.2) is 8.42 Å². The molecule has 1 aliphatic heterocycles. The van der Waals surface area contributed by atoms with Crippen molar-refractivity contribution in [3.63, 3.8) is 0 Å². The van der Waals surface area contributed by atoms with Crippen LogP contribution < -0.4 is 19.1 Å². The van der Waals surface area contributed by atoms with E-state index in [1.807, 2.05) is 37.3 Å². The third-order valence-electron chi connectivity index (χ3n) is 5.03. The van der Waals surface area contributed by atoms with E-state index < -0.39 is 16.1 Å². The second-order valence-electron chi connectivity index (χ2n) is 8.76. The molecule has 1 aliphatic rings. The topological polar surface area (TPSA) is 84.9 Å². The molecule has 1 atom stereocenters. The number of para-hydroxylation sites is 1. The molecule has 3 rings (SSSR count).